The molecule has 0 amide bonds. The third-order valence-electron chi connectivity index (χ3n) is 2.95. The van der Waals surface area contributed by atoms with Crippen molar-refractivity contribution in [3.63, 3.8) is 0 Å². The van der Waals surface area contributed by atoms with Crippen molar-refractivity contribution in [2.45, 2.75) is 6.42 Å². The SMILES string of the molecule is Nc1nc(NCCc2nc3ccccc3s2)ncc1[N+](=O)[O-]. The number of hydrogen-bond acceptors (Lipinski definition) is 8. The number of nitrogen functional groups attached to an aromatic ring is 1. The molecule has 112 valence electrons. The Morgan fingerprint density at radius 3 is 2.86 bits per heavy atom. The highest BCUT2D eigenvalue weighted by atomic mass is 32.1. The highest BCUT2D eigenvalue weighted by Gasteiger charge is 2.14. The molecular formula is C13H12N6O2S. The van der Waals surface area contributed by atoms with Crippen molar-refractivity contribution >= 4 is 39.0 Å². The quantitative estimate of drug-likeness (QED) is 0.547. The zero-order valence-corrected chi connectivity index (χ0v) is 12.2. The van der Waals surface area contributed by atoms with Crippen LogP contribution >= 0.6 is 11.3 Å². The molecule has 0 aliphatic heterocycles. The molecule has 0 saturated heterocycles. The largest absolute Gasteiger partial charge is 0.378 e. The average Bonchev–Trinajstić information content (AvgIpc) is 2.89. The Kier molecular flexibility index (Phi) is 3.79. The standard InChI is InChI=1S/C13H12N6O2S/c14-12-9(19(20)21)7-16-13(18-12)15-6-5-11-17-8-3-1-2-4-10(8)22-11/h1-4,7H,5-6H2,(H3,14,15,16,18). The number of nitro groups is 1. The van der Waals surface area contributed by atoms with E-state index in [2.05, 4.69) is 20.3 Å². The number of fused-ring (bicyclic) bond motifs is 1. The van der Waals surface area contributed by atoms with Gasteiger partial charge in [-0.05, 0) is 12.1 Å². The first-order valence-electron chi connectivity index (χ1n) is 6.49. The van der Waals surface area contributed by atoms with Gasteiger partial charge in [-0.1, -0.05) is 12.1 Å². The number of hydrogen-bond donors (Lipinski definition) is 2. The van der Waals surface area contributed by atoms with E-state index >= 15 is 0 Å². The molecular weight excluding hydrogens is 304 g/mol. The van der Waals surface area contributed by atoms with Gasteiger partial charge in [-0.3, -0.25) is 10.1 Å². The van der Waals surface area contributed by atoms with Crippen molar-refractivity contribution in [3.8, 4) is 0 Å². The van der Waals surface area contributed by atoms with E-state index in [9.17, 15) is 10.1 Å². The lowest BCUT2D eigenvalue weighted by Gasteiger charge is -2.03. The number of anilines is 2. The van der Waals surface area contributed by atoms with Gasteiger partial charge in [-0.2, -0.15) is 4.98 Å². The first-order valence-corrected chi connectivity index (χ1v) is 7.30. The summed E-state index contributed by atoms with van der Waals surface area (Å²) in [5.74, 6) is 0.117. The first kappa shape index (κ1) is 14.1. The molecule has 0 atom stereocenters. The topological polar surface area (TPSA) is 120 Å². The van der Waals surface area contributed by atoms with Crippen LogP contribution in [-0.4, -0.2) is 26.4 Å². The normalized spacial score (nSPS) is 10.7. The molecule has 0 spiro atoms. The van der Waals surface area contributed by atoms with Crippen LogP contribution in [0, 0.1) is 10.1 Å². The number of nitrogens with zero attached hydrogens (tertiary/aromatic N) is 4. The summed E-state index contributed by atoms with van der Waals surface area (Å²) >= 11 is 1.64. The van der Waals surface area contributed by atoms with Gasteiger partial charge in [0.1, 0.15) is 6.20 Å². The molecule has 3 N–H and O–H groups in total. The Bertz CT molecular complexity index is 801. The summed E-state index contributed by atoms with van der Waals surface area (Å²) in [6, 6.07) is 7.95. The molecule has 3 rings (SSSR count). The van der Waals surface area contributed by atoms with Crippen LogP contribution in [0.4, 0.5) is 17.5 Å². The Hall–Kier alpha value is -2.81. The molecule has 0 unspecified atom stereocenters. The molecule has 0 radical (unpaired) electrons. The van der Waals surface area contributed by atoms with E-state index < -0.39 is 4.92 Å². The molecule has 2 aromatic heterocycles. The predicted molar refractivity (Wildman–Crippen MR) is 84.9 cm³/mol. The minimum atomic E-state index is -0.611. The van der Waals surface area contributed by atoms with Gasteiger partial charge in [-0.25, -0.2) is 9.97 Å². The first-order chi connectivity index (χ1) is 10.6. The Balaban J connectivity index is 1.63. The Labute approximate surface area is 129 Å². The van der Waals surface area contributed by atoms with Gasteiger partial charge in [0.05, 0.1) is 20.1 Å². The highest BCUT2D eigenvalue weighted by molar-refractivity contribution is 7.18. The van der Waals surface area contributed by atoms with Crippen molar-refractivity contribution < 1.29 is 4.92 Å². The smallest absolute Gasteiger partial charge is 0.329 e. The number of para-hydroxylation sites is 1. The fourth-order valence-electron chi connectivity index (χ4n) is 1.92. The van der Waals surface area contributed by atoms with Crippen molar-refractivity contribution in [3.05, 3.63) is 45.6 Å². The fraction of sp³-hybridized carbons (Fsp3) is 0.154. The van der Waals surface area contributed by atoms with Gasteiger partial charge < -0.3 is 11.1 Å². The summed E-state index contributed by atoms with van der Waals surface area (Å²) in [7, 11) is 0. The summed E-state index contributed by atoms with van der Waals surface area (Å²) in [6.07, 6.45) is 1.81. The average molecular weight is 316 g/mol. The molecule has 0 saturated carbocycles. The van der Waals surface area contributed by atoms with Crippen LogP contribution in [0.1, 0.15) is 5.01 Å². The van der Waals surface area contributed by atoms with Gasteiger partial charge >= 0.3 is 5.69 Å². The van der Waals surface area contributed by atoms with Crippen molar-refractivity contribution in [1.82, 2.24) is 15.0 Å². The van der Waals surface area contributed by atoms with Crippen LogP contribution < -0.4 is 11.1 Å². The maximum Gasteiger partial charge on any atom is 0.329 e. The Morgan fingerprint density at radius 1 is 1.32 bits per heavy atom. The van der Waals surface area contributed by atoms with Crippen LogP contribution in [0.2, 0.25) is 0 Å². The second-order valence-electron chi connectivity index (χ2n) is 4.47. The minimum Gasteiger partial charge on any atom is -0.378 e. The third-order valence-corrected chi connectivity index (χ3v) is 4.05. The summed E-state index contributed by atoms with van der Waals surface area (Å²) in [5, 5.41) is 14.6. The summed E-state index contributed by atoms with van der Waals surface area (Å²) in [5.41, 5.74) is 6.20. The summed E-state index contributed by atoms with van der Waals surface area (Å²) in [6.45, 7) is 0.567. The van der Waals surface area contributed by atoms with Crippen molar-refractivity contribution in [2.24, 2.45) is 0 Å². The second kappa shape index (κ2) is 5.90. The monoisotopic (exact) mass is 316 g/mol. The van der Waals surface area contributed by atoms with Gasteiger partial charge in [0.15, 0.2) is 0 Å². The Morgan fingerprint density at radius 2 is 2.14 bits per heavy atom. The van der Waals surface area contributed by atoms with E-state index in [1.165, 1.54) is 0 Å². The summed E-state index contributed by atoms with van der Waals surface area (Å²) in [4.78, 5) is 22.3. The fourth-order valence-corrected chi connectivity index (χ4v) is 2.89. The maximum atomic E-state index is 10.6. The molecule has 0 bridgehead atoms. The van der Waals surface area contributed by atoms with Crippen LogP contribution in [0.25, 0.3) is 10.2 Å². The van der Waals surface area contributed by atoms with Gasteiger partial charge in [0.2, 0.25) is 11.8 Å². The van der Waals surface area contributed by atoms with Gasteiger partial charge in [-0.15, -0.1) is 11.3 Å². The lowest BCUT2D eigenvalue weighted by atomic mass is 10.3. The number of rotatable bonds is 5. The number of benzene rings is 1. The van der Waals surface area contributed by atoms with Crippen LogP contribution in [0.3, 0.4) is 0 Å². The molecule has 3 aromatic rings. The zero-order chi connectivity index (χ0) is 15.5. The highest BCUT2D eigenvalue weighted by Crippen LogP contribution is 2.22. The van der Waals surface area contributed by atoms with Gasteiger partial charge in [0.25, 0.3) is 0 Å². The van der Waals surface area contributed by atoms with E-state index in [1.807, 2.05) is 24.3 Å². The van der Waals surface area contributed by atoms with Crippen LogP contribution in [-0.2, 0) is 6.42 Å². The molecule has 0 aliphatic carbocycles. The molecule has 0 fully saturated rings. The molecule has 1 aromatic carbocycles. The van der Waals surface area contributed by atoms with E-state index in [-0.39, 0.29) is 17.5 Å². The number of aromatic nitrogens is 3. The molecule has 0 aliphatic rings. The van der Waals surface area contributed by atoms with Crippen LogP contribution in [0.5, 0.6) is 0 Å². The van der Waals surface area contributed by atoms with Crippen LogP contribution in [0.15, 0.2) is 30.5 Å². The molecule has 22 heavy (non-hydrogen) atoms. The molecule has 8 nitrogen and oxygen atoms in total. The number of nitrogens with one attached hydrogen (secondary N) is 1. The van der Waals surface area contributed by atoms with E-state index in [1.54, 1.807) is 11.3 Å². The van der Waals surface area contributed by atoms with Crippen molar-refractivity contribution in [2.75, 3.05) is 17.6 Å². The number of nitrogens with two attached hydrogens (primary N) is 1. The zero-order valence-electron chi connectivity index (χ0n) is 11.4. The second-order valence-corrected chi connectivity index (χ2v) is 5.59. The predicted octanol–water partition coefficient (Wildman–Crippen LogP) is 2.23. The van der Waals surface area contributed by atoms with E-state index in [0.717, 1.165) is 21.4 Å². The lowest BCUT2D eigenvalue weighted by molar-refractivity contribution is -0.384. The van der Waals surface area contributed by atoms with Crippen molar-refractivity contribution in [1.29, 1.82) is 0 Å². The minimum absolute atomic E-state index is 0.150. The molecule has 9 heteroatoms. The third kappa shape index (κ3) is 2.93. The van der Waals surface area contributed by atoms with E-state index in [0.29, 0.717) is 13.0 Å². The maximum absolute atomic E-state index is 10.6. The molecule has 2 heterocycles. The summed E-state index contributed by atoms with van der Waals surface area (Å²) < 4.78 is 1.15. The van der Waals surface area contributed by atoms with E-state index in [4.69, 9.17) is 5.73 Å². The number of thiazole rings is 1. The lowest BCUT2D eigenvalue weighted by Crippen LogP contribution is -2.09. The van der Waals surface area contributed by atoms with Gasteiger partial charge in [0, 0.05) is 13.0 Å².